The van der Waals surface area contributed by atoms with E-state index in [-0.39, 0.29) is 6.10 Å². The van der Waals surface area contributed by atoms with Crippen LogP contribution >= 0.6 is 11.6 Å². The Balaban J connectivity index is 2.02. The molecule has 0 heterocycles. The summed E-state index contributed by atoms with van der Waals surface area (Å²) in [6, 6.07) is 15.4. The van der Waals surface area contributed by atoms with E-state index in [9.17, 15) is 4.79 Å². The van der Waals surface area contributed by atoms with E-state index in [1.54, 1.807) is 24.3 Å². The van der Waals surface area contributed by atoms with E-state index in [1.165, 1.54) is 5.56 Å². The fourth-order valence-corrected chi connectivity index (χ4v) is 2.46. The van der Waals surface area contributed by atoms with Crippen LogP contribution in [0.15, 0.2) is 48.5 Å². The smallest absolute Gasteiger partial charge is 0.252 e. The first kappa shape index (κ1) is 16.6. The second-order valence-corrected chi connectivity index (χ2v) is 6.24. The maximum Gasteiger partial charge on any atom is 0.252 e. The highest BCUT2D eigenvalue weighted by molar-refractivity contribution is 6.67. The number of hydrogen-bond acceptors (Lipinski definition) is 2. The van der Waals surface area contributed by atoms with E-state index in [4.69, 9.17) is 16.3 Å². The predicted octanol–water partition coefficient (Wildman–Crippen LogP) is 5.40. The van der Waals surface area contributed by atoms with Crippen LogP contribution < -0.4 is 4.74 Å². The molecule has 116 valence electrons. The Morgan fingerprint density at radius 1 is 1.00 bits per heavy atom. The second-order valence-electron chi connectivity index (χ2n) is 5.90. The lowest BCUT2D eigenvalue weighted by Gasteiger charge is -2.16. The number of ether oxygens (including phenoxy) is 1. The Morgan fingerprint density at radius 3 is 2.09 bits per heavy atom. The monoisotopic (exact) mass is 316 g/mol. The predicted molar refractivity (Wildman–Crippen MR) is 90.7 cm³/mol. The molecule has 0 spiro atoms. The van der Waals surface area contributed by atoms with E-state index in [1.807, 2.05) is 6.92 Å². The van der Waals surface area contributed by atoms with Crippen LogP contribution in [0.1, 0.15) is 48.4 Å². The maximum atomic E-state index is 11.0. The third-order valence-corrected chi connectivity index (χ3v) is 3.71. The lowest BCUT2D eigenvalue weighted by molar-refractivity contribution is 0.108. The lowest BCUT2D eigenvalue weighted by atomic mass is 10.0. The molecule has 0 aliphatic rings. The molecule has 0 radical (unpaired) electrons. The van der Waals surface area contributed by atoms with E-state index in [0.29, 0.717) is 11.5 Å². The zero-order valence-electron chi connectivity index (χ0n) is 13.2. The van der Waals surface area contributed by atoms with Crippen molar-refractivity contribution in [3.05, 3.63) is 65.2 Å². The van der Waals surface area contributed by atoms with Gasteiger partial charge in [0, 0.05) is 5.56 Å². The summed E-state index contributed by atoms with van der Waals surface area (Å²) >= 11 is 5.43. The van der Waals surface area contributed by atoms with Gasteiger partial charge in [-0.1, -0.05) is 38.1 Å². The van der Waals surface area contributed by atoms with Crippen molar-refractivity contribution in [1.29, 1.82) is 0 Å². The number of carbonyl (C=O) groups is 1. The van der Waals surface area contributed by atoms with Gasteiger partial charge in [-0.2, -0.15) is 0 Å². The molecule has 0 amide bonds. The van der Waals surface area contributed by atoms with Crippen LogP contribution in [0.25, 0.3) is 0 Å². The molecule has 0 bridgehead atoms. The molecule has 0 N–H and O–H groups in total. The van der Waals surface area contributed by atoms with Crippen LogP contribution in [0.4, 0.5) is 0 Å². The van der Waals surface area contributed by atoms with Crippen molar-refractivity contribution in [2.24, 2.45) is 5.92 Å². The number of benzene rings is 2. The molecule has 0 fully saturated rings. The molecule has 1 unspecified atom stereocenters. The van der Waals surface area contributed by atoms with Gasteiger partial charge in [0.15, 0.2) is 0 Å². The maximum absolute atomic E-state index is 11.0. The van der Waals surface area contributed by atoms with Crippen LogP contribution in [0, 0.1) is 5.92 Å². The van der Waals surface area contributed by atoms with Crippen molar-refractivity contribution in [2.45, 2.75) is 33.3 Å². The molecule has 2 aromatic rings. The first-order valence-corrected chi connectivity index (χ1v) is 7.89. The van der Waals surface area contributed by atoms with Gasteiger partial charge in [-0.05, 0) is 66.3 Å². The molecule has 0 saturated heterocycles. The molecule has 2 nitrogen and oxygen atoms in total. The minimum atomic E-state index is -0.458. The standard InChI is InChI=1S/C19H21ClO2/c1-13(2)12-15-4-6-16(7-5-15)14(3)22-18-10-8-17(9-11-18)19(20)21/h4-11,13-14H,12H2,1-3H3. The number of carbonyl (C=O) groups excluding carboxylic acids is 1. The van der Waals surface area contributed by atoms with Gasteiger partial charge in [0.05, 0.1) is 0 Å². The molecular weight excluding hydrogens is 296 g/mol. The highest BCUT2D eigenvalue weighted by Gasteiger charge is 2.09. The van der Waals surface area contributed by atoms with Gasteiger partial charge in [0.25, 0.3) is 5.24 Å². The summed E-state index contributed by atoms with van der Waals surface area (Å²) in [5.74, 6) is 1.38. The van der Waals surface area contributed by atoms with Crippen molar-refractivity contribution < 1.29 is 9.53 Å². The Labute approximate surface area is 137 Å². The third-order valence-electron chi connectivity index (χ3n) is 3.49. The van der Waals surface area contributed by atoms with E-state index in [0.717, 1.165) is 17.7 Å². The lowest BCUT2D eigenvalue weighted by Crippen LogP contribution is -2.04. The van der Waals surface area contributed by atoms with Gasteiger partial charge in [0.2, 0.25) is 0 Å². The summed E-state index contributed by atoms with van der Waals surface area (Å²) in [7, 11) is 0. The Bertz CT molecular complexity index is 615. The average Bonchev–Trinajstić information content (AvgIpc) is 2.48. The Kier molecular flexibility index (Phi) is 5.62. The van der Waals surface area contributed by atoms with Gasteiger partial charge < -0.3 is 4.74 Å². The molecule has 3 heteroatoms. The summed E-state index contributed by atoms with van der Waals surface area (Å²) in [4.78, 5) is 11.0. The Morgan fingerprint density at radius 2 is 1.59 bits per heavy atom. The molecule has 0 aliphatic heterocycles. The van der Waals surface area contributed by atoms with Crippen molar-refractivity contribution in [1.82, 2.24) is 0 Å². The van der Waals surface area contributed by atoms with Crippen molar-refractivity contribution in [2.75, 3.05) is 0 Å². The summed E-state index contributed by atoms with van der Waals surface area (Å²) in [5, 5.41) is -0.458. The zero-order chi connectivity index (χ0) is 16.1. The molecule has 0 aliphatic carbocycles. The summed E-state index contributed by atoms with van der Waals surface area (Å²) in [6.45, 7) is 6.45. The van der Waals surface area contributed by atoms with Crippen LogP contribution in [0.5, 0.6) is 5.75 Å². The van der Waals surface area contributed by atoms with E-state index in [2.05, 4.69) is 38.1 Å². The summed E-state index contributed by atoms with van der Waals surface area (Å²) in [6.07, 6.45) is 1.04. The van der Waals surface area contributed by atoms with E-state index < -0.39 is 5.24 Å². The number of hydrogen-bond donors (Lipinski definition) is 0. The van der Waals surface area contributed by atoms with Gasteiger partial charge in [-0.25, -0.2) is 0 Å². The first-order chi connectivity index (χ1) is 10.5. The molecular formula is C19H21ClO2. The zero-order valence-corrected chi connectivity index (χ0v) is 13.9. The van der Waals surface area contributed by atoms with Crippen LogP contribution in [0.2, 0.25) is 0 Å². The highest BCUT2D eigenvalue weighted by Crippen LogP contribution is 2.23. The van der Waals surface area contributed by atoms with Crippen LogP contribution in [0.3, 0.4) is 0 Å². The summed E-state index contributed by atoms with van der Waals surface area (Å²) in [5.41, 5.74) is 2.95. The van der Waals surface area contributed by atoms with Gasteiger partial charge in [-0.3, -0.25) is 4.79 Å². The average molecular weight is 317 g/mol. The molecule has 2 aromatic carbocycles. The second kappa shape index (κ2) is 7.46. The number of rotatable bonds is 6. The van der Waals surface area contributed by atoms with Gasteiger partial charge >= 0.3 is 0 Å². The van der Waals surface area contributed by atoms with Gasteiger partial charge in [-0.15, -0.1) is 0 Å². The van der Waals surface area contributed by atoms with Gasteiger partial charge in [0.1, 0.15) is 11.9 Å². The highest BCUT2D eigenvalue weighted by atomic mass is 35.5. The minimum Gasteiger partial charge on any atom is -0.486 e. The SMILES string of the molecule is CC(C)Cc1ccc(C(C)Oc2ccc(C(=O)Cl)cc2)cc1. The number of halogens is 1. The normalized spacial score (nSPS) is 12.2. The van der Waals surface area contributed by atoms with Crippen molar-refractivity contribution in [3.63, 3.8) is 0 Å². The molecule has 0 aromatic heterocycles. The quantitative estimate of drug-likeness (QED) is 0.666. The third kappa shape index (κ3) is 4.60. The topological polar surface area (TPSA) is 26.3 Å². The molecule has 2 rings (SSSR count). The summed E-state index contributed by atoms with van der Waals surface area (Å²) < 4.78 is 5.90. The van der Waals surface area contributed by atoms with E-state index >= 15 is 0 Å². The molecule has 0 saturated carbocycles. The van der Waals surface area contributed by atoms with Crippen LogP contribution in [-0.4, -0.2) is 5.24 Å². The minimum absolute atomic E-state index is 0.0503. The molecule has 1 atom stereocenters. The first-order valence-electron chi connectivity index (χ1n) is 7.51. The molecule has 22 heavy (non-hydrogen) atoms. The largest absolute Gasteiger partial charge is 0.486 e. The van der Waals surface area contributed by atoms with Crippen molar-refractivity contribution >= 4 is 16.8 Å². The Hall–Kier alpha value is -1.80. The fraction of sp³-hybridized carbons (Fsp3) is 0.316. The fourth-order valence-electron chi connectivity index (χ4n) is 2.33. The van der Waals surface area contributed by atoms with Crippen molar-refractivity contribution in [3.8, 4) is 5.75 Å². The van der Waals surface area contributed by atoms with Crippen LogP contribution in [-0.2, 0) is 6.42 Å².